The Bertz CT molecular complexity index is 1060. The molecular weight excluding hydrogens is 430 g/mol. The van der Waals surface area contributed by atoms with E-state index in [0.717, 1.165) is 36.7 Å². The summed E-state index contributed by atoms with van der Waals surface area (Å²) in [4.78, 5) is 16.0. The first-order valence-corrected chi connectivity index (χ1v) is 11.9. The van der Waals surface area contributed by atoms with E-state index in [0.29, 0.717) is 17.1 Å². The predicted octanol–water partition coefficient (Wildman–Crippen LogP) is 1.72. The third-order valence-electron chi connectivity index (χ3n) is 6.05. The fourth-order valence-electron chi connectivity index (χ4n) is 4.35. The Morgan fingerprint density at radius 2 is 1.81 bits per heavy atom. The van der Waals surface area contributed by atoms with Crippen LogP contribution in [0, 0.1) is 0 Å². The zero-order chi connectivity index (χ0) is 22.1. The minimum absolute atomic E-state index is 0.381. The highest BCUT2D eigenvalue weighted by molar-refractivity contribution is 7.98. The zero-order valence-corrected chi connectivity index (χ0v) is 18.4. The number of hydrogen-bond acceptors (Lipinski definition) is 9. The summed E-state index contributed by atoms with van der Waals surface area (Å²) in [5.74, 6) is 1.39. The first kappa shape index (κ1) is 21.6. The average molecular weight is 458 g/mol. The lowest BCUT2D eigenvalue weighted by molar-refractivity contribution is -0.0504. The summed E-state index contributed by atoms with van der Waals surface area (Å²) in [5.41, 5.74) is 2.38. The highest BCUT2D eigenvalue weighted by atomic mass is 32.2. The van der Waals surface area contributed by atoms with Gasteiger partial charge >= 0.3 is 0 Å². The van der Waals surface area contributed by atoms with Crippen LogP contribution >= 0.6 is 11.8 Å². The first-order chi connectivity index (χ1) is 15.7. The number of aliphatic hydroxyl groups is 3. The Kier molecular flexibility index (Phi) is 6.29. The van der Waals surface area contributed by atoms with Crippen molar-refractivity contribution in [2.75, 3.05) is 24.6 Å². The van der Waals surface area contributed by atoms with Gasteiger partial charge in [-0.1, -0.05) is 42.1 Å². The molecule has 0 saturated carbocycles. The smallest absolute Gasteiger partial charge is 0.210 e. The molecule has 2 aromatic heterocycles. The lowest BCUT2D eigenvalue weighted by atomic mass is 10.1. The molecule has 4 heterocycles. The summed E-state index contributed by atoms with van der Waals surface area (Å²) in [6.07, 6.45) is 0.619. The summed E-state index contributed by atoms with van der Waals surface area (Å²) in [7, 11) is 0. The van der Waals surface area contributed by atoms with Crippen molar-refractivity contribution in [3.8, 4) is 0 Å². The normalized spacial score (nSPS) is 26.2. The summed E-state index contributed by atoms with van der Waals surface area (Å²) in [6, 6.07) is 10.2. The third-order valence-corrected chi connectivity index (χ3v) is 7.10. The highest BCUT2D eigenvalue weighted by Gasteiger charge is 2.45. The SMILES string of the molecule is OC[C@H]1O[C@@H](n2c(N3CCCCC3)nc3c(SCc4ccccc4)ncnc32)[C@H](O)[C@@H]1O. The Morgan fingerprint density at radius 1 is 1.03 bits per heavy atom. The van der Waals surface area contributed by atoms with Gasteiger partial charge in [-0.2, -0.15) is 0 Å². The number of rotatable bonds is 6. The molecule has 4 atom stereocenters. The van der Waals surface area contributed by atoms with E-state index in [4.69, 9.17) is 9.72 Å². The predicted molar refractivity (Wildman–Crippen MR) is 120 cm³/mol. The van der Waals surface area contributed by atoms with Gasteiger partial charge in [0.1, 0.15) is 35.2 Å². The number of fused-ring (bicyclic) bond motifs is 1. The molecule has 32 heavy (non-hydrogen) atoms. The van der Waals surface area contributed by atoms with Gasteiger partial charge in [0.25, 0.3) is 0 Å². The summed E-state index contributed by atoms with van der Waals surface area (Å²) < 4.78 is 7.63. The molecule has 1 aromatic carbocycles. The van der Waals surface area contributed by atoms with Crippen molar-refractivity contribution in [3.63, 3.8) is 0 Å². The van der Waals surface area contributed by atoms with E-state index in [-0.39, 0.29) is 6.61 Å². The van der Waals surface area contributed by atoms with E-state index in [9.17, 15) is 15.3 Å². The summed E-state index contributed by atoms with van der Waals surface area (Å²) >= 11 is 1.58. The molecule has 0 radical (unpaired) electrons. The van der Waals surface area contributed by atoms with Crippen molar-refractivity contribution >= 4 is 28.9 Å². The van der Waals surface area contributed by atoms with Gasteiger partial charge in [0.2, 0.25) is 5.95 Å². The fourth-order valence-corrected chi connectivity index (χ4v) is 5.24. The van der Waals surface area contributed by atoms with Crippen molar-refractivity contribution < 1.29 is 20.1 Å². The van der Waals surface area contributed by atoms with E-state index in [1.165, 1.54) is 18.3 Å². The van der Waals surface area contributed by atoms with Crippen molar-refractivity contribution in [2.24, 2.45) is 0 Å². The van der Waals surface area contributed by atoms with Gasteiger partial charge in [-0.15, -0.1) is 0 Å². The molecule has 10 heteroatoms. The van der Waals surface area contributed by atoms with Gasteiger partial charge in [-0.3, -0.25) is 4.57 Å². The van der Waals surface area contributed by atoms with Crippen LogP contribution in [0.25, 0.3) is 11.2 Å². The molecule has 170 valence electrons. The van der Waals surface area contributed by atoms with Gasteiger partial charge in [0.15, 0.2) is 11.9 Å². The number of ether oxygens (including phenoxy) is 1. The average Bonchev–Trinajstić information content (AvgIpc) is 3.36. The molecule has 0 aliphatic carbocycles. The van der Waals surface area contributed by atoms with Crippen LogP contribution in [0.1, 0.15) is 31.1 Å². The molecule has 0 spiro atoms. The first-order valence-electron chi connectivity index (χ1n) is 10.9. The molecule has 2 fully saturated rings. The minimum Gasteiger partial charge on any atom is -0.394 e. The summed E-state index contributed by atoms with van der Waals surface area (Å²) in [5, 5.41) is 31.4. The Balaban J connectivity index is 1.56. The molecule has 2 aliphatic heterocycles. The van der Waals surface area contributed by atoms with Crippen molar-refractivity contribution in [1.29, 1.82) is 0 Å². The number of anilines is 1. The van der Waals surface area contributed by atoms with Crippen LogP contribution in [0.2, 0.25) is 0 Å². The molecule has 9 nitrogen and oxygen atoms in total. The number of aromatic nitrogens is 4. The molecule has 5 rings (SSSR count). The standard InChI is InChI=1S/C22H27N5O4S/c28-11-15-17(29)18(30)21(31-15)27-19-16(25-22(27)26-9-5-2-6-10-26)20(24-13-23-19)32-12-14-7-3-1-4-8-14/h1,3-4,7-8,13,15,17-18,21,28-30H,2,5-6,9-12H2/t15-,17-,18-,21-/m1/s1. The van der Waals surface area contributed by atoms with Crippen LogP contribution in [-0.4, -0.2) is 72.8 Å². The molecule has 2 aliphatic rings. The lowest BCUT2D eigenvalue weighted by Crippen LogP contribution is -2.35. The van der Waals surface area contributed by atoms with Crippen molar-refractivity contribution in [1.82, 2.24) is 19.5 Å². The second-order valence-electron chi connectivity index (χ2n) is 8.18. The van der Waals surface area contributed by atoms with Gasteiger partial charge in [-0.05, 0) is 24.8 Å². The van der Waals surface area contributed by atoms with Crippen molar-refractivity contribution in [3.05, 3.63) is 42.2 Å². The van der Waals surface area contributed by atoms with Gasteiger partial charge in [0, 0.05) is 18.8 Å². The van der Waals surface area contributed by atoms with Gasteiger partial charge < -0.3 is 25.0 Å². The van der Waals surface area contributed by atoms with Crippen LogP contribution < -0.4 is 4.90 Å². The largest absolute Gasteiger partial charge is 0.394 e. The molecule has 2 saturated heterocycles. The van der Waals surface area contributed by atoms with Crippen LogP contribution in [-0.2, 0) is 10.5 Å². The number of benzene rings is 1. The monoisotopic (exact) mass is 457 g/mol. The Morgan fingerprint density at radius 3 is 2.53 bits per heavy atom. The molecule has 0 bridgehead atoms. The quantitative estimate of drug-likeness (QED) is 0.376. The van der Waals surface area contributed by atoms with Crippen LogP contribution in [0.5, 0.6) is 0 Å². The lowest BCUT2D eigenvalue weighted by Gasteiger charge is -2.30. The maximum Gasteiger partial charge on any atom is 0.210 e. The minimum atomic E-state index is -1.21. The summed E-state index contributed by atoms with van der Waals surface area (Å²) in [6.45, 7) is 1.31. The van der Waals surface area contributed by atoms with E-state index in [1.54, 1.807) is 16.3 Å². The van der Waals surface area contributed by atoms with E-state index < -0.39 is 24.5 Å². The van der Waals surface area contributed by atoms with Gasteiger partial charge in [0.05, 0.1) is 6.61 Å². The topological polar surface area (TPSA) is 117 Å². The Labute approximate surface area is 190 Å². The van der Waals surface area contributed by atoms with E-state index in [2.05, 4.69) is 27.0 Å². The molecule has 3 aromatic rings. The number of thioether (sulfide) groups is 1. The zero-order valence-electron chi connectivity index (χ0n) is 17.6. The number of nitrogens with zero attached hydrogens (tertiary/aromatic N) is 5. The third kappa shape index (κ3) is 3.97. The van der Waals surface area contributed by atoms with Crippen LogP contribution in [0.4, 0.5) is 5.95 Å². The Hall–Kier alpha value is -2.24. The maximum atomic E-state index is 10.7. The van der Waals surface area contributed by atoms with Gasteiger partial charge in [-0.25, -0.2) is 15.0 Å². The molecule has 0 amide bonds. The van der Waals surface area contributed by atoms with E-state index >= 15 is 0 Å². The van der Waals surface area contributed by atoms with Crippen LogP contribution in [0.15, 0.2) is 41.7 Å². The van der Waals surface area contributed by atoms with E-state index in [1.807, 2.05) is 18.2 Å². The molecule has 3 N–H and O–H groups in total. The molecular formula is C22H27N5O4S. The number of imidazole rings is 1. The van der Waals surface area contributed by atoms with Crippen molar-refractivity contribution in [2.45, 2.75) is 54.6 Å². The second kappa shape index (κ2) is 9.32. The molecule has 0 unspecified atom stereocenters. The maximum absolute atomic E-state index is 10.7. The van der Waals surface area contributed by atoms with Crippen LogP contribution in [0.3, 0.4) is 0 Å². The fraction of sp³-hybridized carbons (Fsp3) is 0.500. The highest BCUT2D eigenvalue weighted by Crippen LogP contribution is 2.38. The second-order valence-corrected chi connectivity index (χ2v) is 9.15. The number of aliphatic hydroxyl groups excluding tert-OH is 3. The number of hydrogen-bond donors (Lipinski definition) is 3. The number of piperidine rings is 1.